The predicted octanol–water partition coefficient (Wildman–Crippen LogP) is 6.45. The van der Waals surface area contributed by atoms with E-state index >= 15 is 0 Å². The second-order valence-corrected chi connectivity index (χ2v) is 12.8. The summed E-state index contributed by atoms with van der Waals surface area (Å²) in [7, 11) is 0. The molecule has 3 N–H and O–H groups in total. The smallest absolute Gasteiger partial charge is 0.335 e. The largest absolute Gasteiger partial charge is 0.478 e. The molecule has 3 aromatic carbocycles. The number of ether oxygens (including phenoxy) is 2. The highest BCUT2D eigenvalue weighted by molar-refractivity contribution is 7.99. The lowest BCUT2D eigenvalue weighted by atomic mass is 9.91. The van der Waals surface area contributed by atoms with Gasteiger partial charge < -0.3 is 25.0 Å². The molecule has 4 unspecified atom stereocenters. The van der Waals surface area contributed by atoms with Crippen LogP contribution in [-0.4, -0.2) is 37.7 Å². The molecule has 0 bridgehead atoms. The lowest BCUT2D eigenvalue weighted by Crippen LogP contribution is -2.38. The fraction of sp³-hybridized carbons (Fsp3) is 0.310. The van der Waals surface area contributed by atoms with Gasteiger partial charge in [-0.3, -0.25) is 4.79 Å². The molecular weight excluding hydrogens is 597 g/mol. The van der Waals surface area contributed by atoms with Gasteiger partial charge in [0.05, 0.1) is 24.4 Å². The van der Waals surface area contributed by atoms with Gasteiger partial charge in [0.1, 0.15) is 0 Å². The third kappa shape index (κ3) is 7.91. The first-order valence-corrected chi connectivity index (χ1v) is 14.6. The Labute approximate surface area is 251 Å². The van der Waals surface area contributed by atoms with Crippen LogP contribution in [-0.2, 0) is 27.4 Å². The van der Waals surface area contributed by atoms with Crippen molar-refractivity contribution in [1.29, 1.82) is 0 Å². The number of aromatic carboxylic acids is 1. The fourth-order valence-corrected chi connectivity index (χ4v) is 5.52. The minimum Gasteiger partial charge on any atom is -0.478 e. The third-order valence-electron chi connectivity index (χ3n) is 6.60. The molecule has 1 aliphatic heterocycles. The van der Waals surface area contributed by atoms with Gasteiger partial charge in [0.2, 0.25) is 0 Å². The summed E-state index contributed by atoms with van der Waals surface area (Å²) in [5, 5.41) is 21.2. The standard InChI is InChI=1S/C29H28Cl3NO6S/c1-17-24(16-40-23-12-10-21(11-13-23)26(35)36)38-27(39-25(17)20-6-4-19(15-34)5-7-20)22-8-2-18(3-9-22)14-33-28(37)29(30,31)32/h2-13,17,24-25,27,34H,14-16H2,1H3,(H,33,37)(H,35,36). The van der Waals surface area contributed by atoms with E-state index in [4.69, 9.17) is 49.4 Å². The fourth-order valence-electron chi connectivity index (χ4n) is 4.26. The summed E-state index contributed by atoms with van der Waals surface area (Å²) < 4.78 is 10.9. The van der Waals surface area contributed by atoms with E-state index in [1.165, 1.54) is 0 Å². The van der Waals surface area contributed by atoms with Crippen molar-refractivity contribution in [2.45, 2.75) is 47.3 Å². The van der Waals surface area contributed by atoms with Crippen LogP contribution >= 0.6 is 46.6 Å². The second-order valence-electron chi connectivity index (χ2n) is 9.38. The molecule has 40 heavy (non-hydrogen) atoms. The van der Waals surface area contributed by atoms with Crippen molar-refractivity contribution >= 4 is 58.4 Å². The van der Waals surface area contributed by atoms with E-state index in [-0.39, 0.29) is 36.8 Å². The summed E-state index contributed by atoms with van der Waals surface area (Å²) >= 11 is 18.4. The lowest BCUT2D eigenvalue weighted by Gasteiger charge is -2.41. The van der Waals surface area contributed by atoms with Crippen LogP contribution in [0.1, 0.15) is 51.9 Å². The molecule has 1 amide bonds. The van der Waals surface area contributed by atoms with E-state index in [1.807, 2.05) is 48.5 Å². The number of carbonyl (C=O) groups is 2. The van der Waals surface area contributed by atoms with Gasteiger partial charge in [0, 0.05) is 28.7 Å². The molecule has 1 heterocycles. The average Bonchev–Trinajstić information content (AvgIpc) is 2.95. The highest BCUT2D eigenvalue weighted by Gasteiger charge is 2.38. The number of halogens is 3. The summed E-state index contributed by atoms with van der Waals surface area (Å²) in [6.45, 7) is 2.23. The number of carboxylic acid groups (broad SMARTS) is 1. The molecule has 0 saturated carbocycles. The number of aliphatic hydroxyl groups is 1. The molecule has 1 saturated heterocycles. The Morgan fingerprint density at radius 3 is 2.08 bits per heavy atom. The van der Waals surface area contributed by atoms with Gasteiger partial charge in [-0.25, -0.2) is 4.79 Å². The van der Waals surface area contributed by atoms with Crippen molar-refractivity contribution in [1.82, 2.24) is 5.32 Å². The number of carbonyl (C=O) groups excluding carboxylic acids is 1. The molecule has 3 aromatic rings. The first-order chi connectivity index (χ1) is 19.0. The number of carboxylic acids is 1. The molecule has 1 fully saturated rings. The Balaban J connectivity index is 1.51. The van der Waals surface area contributed by atoms with Gasteiger partial charge in [-0.2, -0.15) is 0 Å². The number of benzene rings is 3. The summed E-state index contributed by atoms with van der Waals surface area (Å²) in [5.74, 6) is -1.05. The summed E-state index contributed by atoms with van der Waals surface area (Å²) in [4.78, 5) is 24.0. The molecule has 1 aliphatic rings. The van der Waals surface area contributed by atoms with E-state index in [9.17, 15) is 14.7 Å². The van der Waals surface area contributed by atoms with Crippen LogP contribution in [0.15, 0.2) is 77.7 Å². The summed E-state index contributed by atoms with van der Waals surface area (Å²) in [5.41, 5.74) is 3.64. The number of hydrogen-bond donors (Lipinski definition) is 3. The van der Waals surface area contributed by atoms with E-state index in [2.05, 4.69) is 12.2 Å². The number of nitrogens with one attached hydrogen (secondary N) is 1. The quantitative estimate of drug-likeness (QED) is 0.186. The van der Waals surface area contributed by atoms with Crippen molar-refractivity contribution < 1.29 is 29.3 Å². The van der Waals surface area contributed by atoms with E-state index in [1.54, 1.807) is 36.0 Å². The van der Waals surface area contributed by atoms with Crippen LogP contribution < -0.4 is 5.32 Å². The molecular formula is C29H28Cl3NO6S. The van der Waals surface area contributed by atoms with Gasteiger partial charge in [-0.1, -0.05) is 90.3 Å². The molecule has 0 aromatic heterocycles. The van der Waals surface area contributed by atoms with Crippen LogP contribution in [0.2, 0.25) is 0 Å². The predicted molar refractivity (Wildman–Crippen MR) is 156 cm³/mol. The molecule has 7 nitrogen and oxygen atoms in total. The third-order valence-corrected chi connectivity index (χ3v) is 8.22. The Morgan fingerprint density at radius 1 is 0.900 bits per heavy atom. The van der Waals surface area contributed by atoms with Crippen molar-refractivity contribution in [3.63, 3.8) is 0 Å². The van der Waals surface area contributed by atoms with Crippen LogP contribution in [0.25, 0.3) is 0 Å². The van der Waals surface area contributed by atoms with Crippen molar-refractivity contribution in [2.75, 3.05) is 5.75 Å². The maximum Gasteiger partial charge on any atom is 0.335 e. The maximum atomic E-state index is 11.9. The van der Waals surface area contributed by atoms with Crippen molar-refractivity contribution in [3.8, 4) is 0 Å². The first-order valence-electron chi connectivity index (χ1n) is 12.5. The van der Waals surface area contributed by atoms with Crippen LogP contribution in [0, 0.1) is 5.92 Å². The Bertz CT molecular complexity index is 1300. The minimum atomic E-state index is -2.03. The highest BCUT2D eigenvalue weighted by atomic mass is 35.6. The molecule has 4 rings (SSSR count). The van der Waals surface area contributed by atoms with Crippen LogP contribution in [0.3, 0.4) is 0 Å². The molecule has 212 valence electrons. The van der Waals surface area contributed by atoms with Gasteiger partial charge in [0.15, 0.2) is 6.29 Å². The first kappa shape index (κ1) is 30.7. The monoisotopic (exact) mass is 623 g/mol. The minimum absolute atomic E-state index is 0.00145. The molecule has 0 aliphatic carbocycles. The number of thioether (sulfide) groups is 1. The molecule has 0 radical (unpaired) electrons. The Kier molecular flexibility index (Phi) is 10.4. The Hall–Kier alpha value is -2.30. The van der Waals surface area contributed by atoms with E-state index in [0.29, 0.717) is 5.75 Å². The van der Waals surface area contributed by atoms with Crippen molar-refractivity contribution in [2.24, 2.45) is 5.92 Å². The molecule has 4 atom stereocenters. The highest BCUT2D eigenvalue weighted by Crippen LogP contribution is 2.43. The number of aliphatic hydroxyl groups excluding tert-OH is 1. The van der Waals surface area contributed by atoms with Gasteiger partial charge in [-0.15, -0.1) is 11.8 Å². The zero-order valence-corrected chi connectivity index (χ0v) is 24.5. The summed E-state index contributed by atoms with van der Waals surface area (Å²) in [6.07, 6.45) is -1.10. The zero-order chi connectivity index (χ0) is 28.9. The number of hydrogen-bond acceptors (Lipinski definition) is 6. The van der Waals surface area contributed by atoms with Gasteiger partial charge in [0.25, 0.3) is 9.70 Å². The topological polar surface area (TPSA) is 105 Å². The number of alkyl halides is 3. The number of rotatable bonds is 9. The molecule has 11 heteroatoms. The Morgan fingerprint density at radius 2 is 1.50 bits per heavy atom. The van der Waals surface area contributed by atoms with E-state index < -0.39 is 22.0 Å². The van der Waals surface area contributed by atoms with E-state index in [0.717, 1.165) is 27.1 Å². The van der Waals surface area contributed by atoms with Crippen LogP contribution in [0.4, 0.5) is 0 Å². The average molecular weight is 625 g/mol. The normalized spacial score (nSPS) is 21.1. The number of amides is 1. The molecule has 0 spiro atoms. The van der Waals surface area contributed by atoms with Gasteiger partial charge in [-0.05, 0) is 41.0 Å². The maximum absolute atomic E-state index is 11.9. The SMILES string of the molecule is CC1C(CSc2ccc(C(=O)O)cc2)OC(c2ccc(CNC(=O)C(Cl)(Cl)Cl)cc2)OC1c1ccc(CO)cc1. The van der Waals surface area contributed by atoms with Crippen molar-refractivity contribution in [3.05, 3.63) is 101 Å². The lowest BCUT2D eigenvalue weighted by molar-refractivity contribution is -0.268. The summed E-state index contributed by atoms with van der Waals surface area (Å²) in [6, 6.07) is 21.9. The van der Waals surface area contributed by atoms with Crippen LogP contribution in [0.5, 0.6) is 0 Å². The zero-order valence-electron chi connectivity index (χ0n) is 21.4. The second kappa shape index (κ2) is 13.6. The van der Waals surface area contributed by atoms with Gasteiger partial charge >= 0.3 is 5.97 Å².